The Balaban J connectivity index is 0.00000200. The first-order valence-corrected chi connectivity index (χ1v) is 6.96. The third-order valence-electron chi connectivity index (χ3n) is 2.81. The molecule has 1 N–H and O–H groups in total. The molecule has 2 aromatic heterocycles. The average molecular weight is 298 g/mol. The van der Waals surface area contributed by atoms with Crippen molar-refractivity contribution in [1.82, 2.24) is 19.6 Å². The van der Waals surface area contributed by atoms with Crippen molar-refractivity contribution < 1.29 is 0 Å². The lowest BCUT2D eigenvalue weighted by Crippen LogP contribution is -2.04. The molecule has 0 aliphatic rings. The van der Waals surface area contributed by atoms with E-state index in [1.165, 1.54) is 5.56 Å². The van der Waals surface area contributed by atoms with Gasteiger partial charge in [0.05, 0.1) is 6.20 Å². The molecule has 2 rings (SSSR count). The van der Waals surface area contributed by atoms with Gasteiger partial charge in [-0.2, -0.15) is 10.2 Å². The van der Waals surface area contributed by atoms with Crippen LogP contribution >= 0.6 is 12.4 Å². The summed E-state index contributed by atoms with van der Waals surface area (Å²) in [6.07, 6.45) is 7.12. The van der Waals surface area contributed by atoms with E-state index in [-0.39, 0.29) is 12.4 Å². The maximum absolute atomic E-state index is 4.45. The van der Waals surface area contributed by atoms with E-state index in [1.54, 1.807) is 0 Å². The van der Waals surface area contributed by atoms with Crippen molar-refractivity contribution in [2.45, 2.75) is 46.8 Å². The molecule has 112 valence electrons. The van der Waals surface area contributed by atoms with E-state index in [0.29, 0.717) is 5.92 Å². The van der Waals surface area contributed by atoms with Crippen LogP contribution in [0.4, 0.5) is 5.82 Å². The molecule has 0 saturated heterocycles. The molecule has 0 amide bonds. The third kappa shape index (κ3) is 4.89. The molecule has 0 saturated carbocycles. The highest BCUT2D eigenvalue weighted by Gasteiger charge is 2.02. The molecule has 0 bridgehead atoms. The van der Waals surface area contributed by atoms with Crippen LogP contribution in [-0.4, -0.2) is 19.6 Å². The van der Waals surface area contributed by atoms with Gasteiger partial charge >= 0.3 is 0 Å². The van der Waals surface area contributed by atoms with Gasteiger partial charge in [-0.05, 0) is 12.3 Å². The lowest BCUT2D eigenvalue weighted by atomic mass is 10.2. The van der Waals surface area contributed by atoms with Crippen LogP contribution in [0.1, 0.15) is 32.8 Å². The number of rotatable bonds is 7. The standard InChI is InChI=1S/C14H23N5.ClH/c1-4-6-18-7-5-14(17-18)15-8-13-9-16-19(11-13)10-12(2)3;/h5,7,9,11-12H,4,6,8,10H2,1-3H3,(H,15,17);1H. The number of hydrogen-bond donors (Lipinski definition) is 1. The molecular weight excluding hydrogens is 274 g/mol. The average Bonchev–Trinajstić information content (AvgIpc) is 2.96. The molecule has 0 atom stereocenters. The number of nitrogens with one attached hydrogen (secondary N) is 1. The third-order valence-corrected chi connectivity index (χ3v) is 2.81. The van der Waals surface area contributed by atoms with Gasteiger partial charge in [-0.3, -0.25) is 9.36 Å². The number of anilines is 1. The Kier molecular flexibility index (Phi) is 6.58. The molecule has 0 fully saturated rings. The molecule has 0 unspecified atom stereocenters. The second-order valence-electron chi connectivity index (χ2n) is 5.28. The summed E-state index contributed by atoms with van der Waals surface area (Å²) in [6.45, 7) is 9.23. The maximum atomic E-state index is 4.45. The summed E-state index contributed by atoms with van der Waals surface area (Å²) < 4.78 is 3.96. The Bertz CT molecular complexity index is 503. The number of hydrogen-bond acceptors (Lipinski definition) is 3. The lowest BCUT2D eigenvalue weighted by Gasteiger charge is -2.03. The zero-order valence-electron chi connectivity index (χ0n) is 12.4. The van der Waals surface area contributed by atoms with E-state index in [4.69, 9.17) is 0 Å². The highest BCUT2D eigenvalue weighted by molar-refractivity contribution is 5.85. The molecule has 0 radical (unpaired) electrons. The van der Waals surface area contributed by atoms with Crippen molar-refractivity contribution in [2.75, 3.05) is 5.32 Å². The largest absolute Gasteiger partial charge is 0.364 e. The van der Waals surface area contributed by atoms with Crippen LogP contribution in [0.3, 0.4) is 0 Å². The zero-order valence-corrected chi connectivity index (χ0v) is 13.2. The second kappa shape index (κ2) is 7.94. The fraction of sp³-hybridized carbons (Fsp3) is 0.571. The van der Waals surface area contributed by atoms with E-state index in [9.17, 15) is 0 Å². The molecule has 2 heterocycles. The summed E-state index contributed by atoms with van der Waals surface area (Å²) in [4.78, 5) is 0. The topological polar surface area (TPSA) is 47.7 Å². The smallest absolute Gasteiger partial charge is 0.148 e. The SMILES string of the molecule is CCCn1ccc(NCc2cnn(CC(C)C)c2)n1.Cl. The van der Waals surface area contributed by atoms with Crippen molar-refractivity contribution >= 4 is 18.2 Å². The first-order chi connectivity index (χ1) is 9.17. The predicted octanol–water partition coefficient (Wildman–Crippen LogP) is 3.18. The van der Waals surface area contributed by atoms with Gasteiger partial charge in [0.2, 0.25) is 0 Å². The van der Waals surface area contributed by atoms with Crippen molar-refractivity contribution in [3.8, 4) is 0 Å². The van der Waals surface area contributed by atoms with Gasteiger partial charge in [0.15, 0.2) is 0 Å². The molecule has 20 heavy (non-hydrogen) atoms. The van der Waals surface area contributed by atoms with Crippen LogP contribution in [-0.2, 0) is 19.6 Å². The normalized spacial score (nSPS) is 10.6. The number of halogens is 1. The quantitative estimate of drug-likeness (QED) is 0.854. The van der Waals surface area contributed by atoms with Gasteiger partial charge in [0.25, 0.3) is 0 Å². The lowest BCUT2D eigenvalue weighted by molar-refractivity contribution is 0.483. The van der Waals surface area contributed by atoms with Crippen LogP contribution in [0.25, 0.3) is 0 Å². The Hall–Kier alpha value is -1.49. The molecule has 5 nitrogen and oxygen atoms in total. The molecule has 6 heteroatoms. The summed E-state index contributed by atoms with van der Waals surface area (Å²) in [5.41, 5.74) is 1.19. The van der Waals surface area contributed by atoms with Crippen molar-refractivity contribution in [3.63, 3.8) is 0 Å². The van der Waals surface area contributed by atoms with Crippen LogP contribution in [0.5, 0.6) is 0 Å². The summed E-state index contributed by atoms with van der Waals surface area (Å²) in [5.74, 6) is 1.54. The predicted molar refractivity (Wildman–Crippen MR) is 84.2 cm³/mol. The minimum atomic E-state index is 0. The molecular formula is C14H24ClN5. The fourth-order valence-electron chi connectivity index (χ4n) is 1.97. The molecule has 0 aliphatic heterocycles. The molecule has 2 aromatic rings. The van der Waals surface area contributed by atoms with Gasteiger partial charge in [-0.1, -0.05) is 20.8 Å². The molecule has 0 spiro atoms. The van der Waals surface area contributed by atoms with Gasteiger partial charge in [0, 0.05) is 43.7 Å². The Morgan fingerprint density at radius 3 is 2.80 bits per heavy atom. The van der Waals surface area contributed by atoms with Gasteiger partial charge in [0.1, 0.15) is 5.82 Å². The highest BCUT2D eigenvalue weighted by Crippen LogP contribution is 2.07. The van der Waals surface area contributed by atoms with Crippen molar-refractivity contribution in [1.29, 1.82) is 0 Å². The Labute approximate surface area is 126 Å². The van der Waals surface area contributed by atoms with E-state index < -0.39 is 0 Å². The monoisotopic (exact) mass is 297 g/mol. The highest BCUT2D eigenvalue weighted by atomic mass is 35.5. The summed E-state index contributed by atoms with van der Waals surface area (Å²) in [7, 11) is 0. The van der Waals surface area contributed by atoms with E-state index in [2.05, 4.69) is 42.5 Å². The second-order valence-corrected chi connectivity index (χ2v) is 5.28. The Morgan fingerprint density at radius 2 is 2.10 bits per heavy atom. The zero-order chi connectivity index (χ0) is 13.7. The van der Waals surface area contributed by atoms with Crippen LogP contribution in [0, 0.1) is 5.92 Å². The first-order valence-electron chi connectivity index (χ1n) is 6.96. The number of nitrogens with zero attached hydrogens (tertiary/aromatic N) is 4. The van der Waals surface area contributed by atoms with E-state index in [0.717, 1.165) is 31.9 Å². The van der Waals surface area contributed by atoms with Gasteiger partial charge in [-0.25, -0.2) is 0 Å². The summed E-state index contributed by atoms with van der Waals surface area (Å²) >= 11 is 0. The van der Waals surface area contributed by atoms with Gasteiger partial charge in [-0.15, -0.1) is 12.4 Å². The minimum Gasteiger partial charge on any atom is -0.364 e. The van der Waals surface area contributed by atoms with Crippen LogP contribution < -0.4 is 5.32 Å². The van der Waals surface area contributed by atoms with Crippen LogP contribution in [0.15, 0.2) is 24.7 Å². The molecule has 0 aromatic carbocycles. The van der Waals surface area contributed by atoms with E-state index in [1.807, 2.05) is 27.8 Å². The van der Waals surface area contributed by atoms with E-state index >= 15 is 0 Å². The maximum Gasteiger partial charge on any atom is 0.148 e. The first kappa shape index (κ1) is 16.6. The number of aromatic nitrogens is 4. The Morgan fingerprint density at radius 1 is 1.30 bits per heavy atom. The van der Waals surface area contributed by atoms with Crippen LogP contribution in [0.2, 0.25) is 0 Å². The van der Waals surface area contributed by atoms with Crippen molar-refractivity contribution in [3.05, 3.63) is 30.2 Å². The van der Waals surface area contributed by atoms with Crippen molar-refractivity contribution in [2.24, 2.45) is 5.92 Å². The summed E-state index contributed by atoms with van der Waals surface area (Å²) in [5, 5.41) is 12.1. The minimum absolute atomic E-state index is 0. The number of aryl methyl sites for hydroxylation is 1. The molecule has 0 aliphatic carbocycles. The summed E-state index contributed by atoms with van der Waals surface area (Å²) in [6, 6.07) is 2.01. The fourth-order valence-corrected chi connectivity index (χ4v) is 1.97. The van der Waals surface area contributed by atoms with Gasteiger partial charge < -0.3 is 5.32 Å².